The first-order valence-corrected chi connectivity index (χ1v) is 5.71. The zero-order chi connectivity index (χ0) is 9.97. The van der Waals surface area contributed by atoms with E-state index in [9.17, 15) is 4.79 Å². The van der Waals surface area contributed by atoms with Crippen molar-refractivity contribution in [1.29, 1.82) is 0 Å². The molecular formula is C12H19NO. The van der Waals surface area contributed by atoms with Gasteiger partial charge in [0.05, 0.1) is 0 Å². The van der Waals surface area contributed by atoms with Crippen LogP contribution in [0.15, 0.2) is 11.6 Å². The Balaban J connectivity index is 1.96. The molecule has 1 fully saturated rings. The molecule has 2 rings (SSSR count). The fraction of sp³-hybridized carbons (Fsp3) is 0.750. The molecule has 0 amide bonds. The molecule has 0 bridgehead atoms. The predicted molar refractivity (Wildman–Crippen MR) is 57.2 cm³/mol. The molecule has 0 unspecified atom stereocenters. The summed E-state index contributed by atoms with van der Waals surface area (Å²) in [5.74, 6) is 0.257. The number of hydrogen-bond acceptors (Lipinski definition) is 2. The maximum absolute atomic E-state index is 11.3. The summed E-state index contributed by atoms with van der Waals surface area (Å²) in [6.07, 6.45) is 8.61. The molecule has 0 spiro atoms. The van der Waals surface area contributed by atoms with Crippen LogP contribution in [0.3, 0.4) is 0 Å². The third kappa shape index (κ3) is 2.06. The lowest BCUT2D eigenvalue weighted by molar-refractivity contribution is -0.114. The highest BCUT2D eigenvalue weighted by Crippen LogP contribution is 2.26. The first-order chi connectivity index (χ1) is 6.77. The molecule has 0 N–H and O–H groups in total. The summed E-state index contributed by atoms with van der Waals surface area (Å²) in [5.41, 5.74) is 1.03. The summed E-state index contributed by atoms with van der Waals surface area (Å²) in [4.78, 5) is 13.8. The van der Waals surface area contributed by atoms with Crippen LogP contribution in [0.2, 0.25) is 0 Å². The Hall–Kier alpha value is -0.630. The minimum absolute atomic E-state index is 0.257. The molecule has 1 aliphatic carbocycles. The number of nitrogens with zero attached hydrogens (tertiary/aromatic N) is 1. The zero-order valence-electron chi connectivity index (χ0n) is 8.96. The minimum Gasteiger partial charge on any atom is -0.296 e. The molecule has 78 valence electrons. The van der Waals surface area contributed by atoms with Gasteiger partial charge in [-0.05, 0) is 26.2 Å². The van der Waals surface area contributed by atoms with Crippen LogP contribution in [-0.2, 0) is 4.79 Å². The van der Waals surface area contributed by atoms with Crippen molar-refractivity contribution in [2.75, 3.05) is 13.1 Å². The average Bonchev–Trinajstić information content (AvgIpc) is 2.71. The van der Waals surface area contributed by atoms with Crippen molar-refractivity contribution in [3.8, 4) is 0 Å². The summed E-state index contributed by atoms with van der Waals surface area (Å²) < 4.78 is 0. The molecule has 2 aliphatic rings. The van der Waals surface area contributed by atoms with Gasteiger partial charge >= 0.3 is 0 Å². The molecule has 0 aromatic heterocycles. The van der Waals surface area contributed by atoms with E-state index < -0.39 is 0 Å². The Kier molecular flexibility index (Phi) is 3.02. The number of rotatable bonds is 2. The van der Waals surface area contributed by atoms with Gasteiger partial charge in [-0.2, -0.15) is 0 Å². The molecule has 1 aliphatic heterocycles. The third-order valence-corrected chi connectivity index (χ3v) is 3.47. The van der Waals surface area contributed by atoms with Gasteiger partial charge in [-0.25, -0.2) is 0 Å². The Bertz CT molecular complexity index is 251. The second kappa shape index (κ2) is 4.26. The Morgan fingerprint density at radius 2 is 2.14 bits per heavy atom. The minimum atomic E-state index is 0.257. The summed E-state index contributed by atoms with van der Waals surface area (Å²) >= 11 is 0. The van der Waals surface area contributed by atoms with Gasteiger partial charge in [-0.1, -0.05) is 18.9 Å². The van der Waals surface area contributed by atoms with E-state index in [1.807, 2.05) is 0 Å². The third-order valence-electron chi connectivity index (χ3n) is 3.47. The number of carbonyl (C=O) groups excluding carboxylic acids is 1. The van der Waals surface area contributed by atoms with Crippen LogP contribution in [0, 0.1) is 0 Å². The predicted octanol–water partition coefficient (Wildman–Crippen LogP) is 2.15. The van der Waals surface area contributed by atoms with Crippen LogP contribution in [-0.4, -0.2) is 29.8 Å². The van der Waals surface area contributed by atoms with Crippen LogP contribution in [0.5, 0.6) is 0 Å². The van der Waals surface area contributed by atoms with Gasteiger partial charge in [0.15, 0.2) is 5.78 Å². The fourth-order valence-corrected chi connectivity index (χ4v) is 2.60. The van der Waals surface area contributed by atoms with Gasteiger partial charge in [-0.3, -0.25) is 9.69 Å². The summed E-state index contributed by atoms with van der Waals surface area (Å²) in [6.45, 7) is 3.74. The summed E-state index contributed by atoms with van der Waals surface area (Å²) in [7, 11) is 0. The second-order valence-electron chi connectivity index (χ2n) is 4.48. The molecular weight excluding hydrogens is 174 g/mol. The van der Waals surface area contributed by atoms with Gasteiger partial charge < -0.3 is 0 Å². The van der Waals surface area contributed by atoms with Gasteiger partial charge in [0.25, 0.3) is 0 Å². The number of Topliss-reactive ketones (excluding diaryl/α,β-unsaturated/α-hetero) is 1. The second-order valence-corrected chi connectivity index (χ2v) is 4.48. The lowest BCUT2D eigenvalue weighted by Crippen LogP contribution is -2.38. The van der Waals surface area contributed by atoms with E-state index in [0.717, 1.165) is 31.1 Å². The van der Waals surface area contributed by atoms with Gasteiger partial charge in [0, 0.05) is 24.7 Å². The first kappa shape index (κ1) is 9.91. The number of hydrogen-bond donors (Lipinski definition) is 0. The largest absolute Gasteiger partial charge is 0.296 e. The molecule has 0 radical (unpaired) electrons. The van der Waals surface area contributed by atoms with Crippen molar-refractivity contribution in [3.05, 3.63) is 11.6 Å². The number of ketones is 1. The lowest BCUT2D eigenvalue weighted by Gasteiger charge is -2.31. The zero-order valence-corrected chi connectivity index (χ0v) is 8.96. The van der Waals surface area contributed by atoms with E-state index in [1.54, 1.807) is 6.92 Å². The smallest absolute Gasteiger partial charge is 0.156 e. The highest BCUT2D eigenvalue weighted by atomic mass is 16.1. The van der Waals surface area contributed by atoms with Crippen LogP contribution < -0.4 is 0 Å². The number of carbonyl (C=O) groups is 1. The van der Waals surface area contributed by atoms with Crippen LogP contribution >= 0.6 is 0 Å². The van der Waals surface area contributed by atoms with Gasteiger partial charge in [0.2, 0.25) is 0 Å². The van der Waals surface area contributed by atoms with Crippen molar-refractivity contribution >= 4 is 5.78 Å². The normalized spacial score (nSPS) is 25.1. The van der Waals surface area contributed by atoms with E-state index >= 15 is 0 Å². The van der Waals surface area contributed by atoms with E-state index in [-0.39, 0.29) is 5.78 Å². The van der Waals surface area contributed by atoms with Crippen molar-refractivity contribution < 1.29 is 4.79 Å². The highest BCUT2D eigenvalue weighted by Gasteiger charge is 2.25. The molecule has 1 heterocycles. The molecule has 0 aromatic carbocycles. The Morgan fingerprint density at radius 3 is 2.79 bits per heavy atom. The van der Waals surface area contributed by atoms with Crippen LogP contribution in [0.4, 0.5) is 0 Å². The van der Waals surface area contributed by atoms with Crippen LogP contribution in [0.25, 0.3) is 0 Å². The van der Waals surface area contributed by atoms with Crippen molar-refractivity contribution in [3.63, 3.8) is 0 Å². The average molecular weight is 193 g/mol. The summed E-state index contributed by atoms with van der Waals surface area (Å²) in [6, 6.07) is 0.762. The standard InChI is InChI=1S/C12H19NO/c1-10(14)11-5-4-8-13(9-11)12-6-2-3-7-12/h5,12H,2-4,6-9H2,1H3. The molecule has 0 atom stereocenters. The molecule has 14 heavy (non-hydrogen) atoms. The Morgan fingerprint density at radius 1 is 1.43 bits per heavy atom. The molecule has 2 nitrogen and oxygen atoms in total. The van der Waals surface area contributed by atoms with Gasteiger partial charge in [-0.15, -0.1) is 0 Å². The van der Waals surface area contributed by atoms with Crippen molar-refractivity contribution in [2.24, 2.45) is 0 Å². The maximum atomic E-state index is 11.3. The van der Waals surface area contributed by atoms with Gasteiger partial charge in [0.1, 0.15) is 0 Å². The van der Waals surface area contributed by atoms with E-state index in [1.165, 1.54) is 25.7 Å². The molecule has 0 saturated heterocycles. The van der Waals surface area contributed by atoms with Crippen molar-refractivity contribution in [2.45, 2.75) is 45.1 Å². The van der Waals surface area contributed by atoms with E-state index in [4.69, 9.17) is 0 Å². The van der Waals surface area contributed by atoms with E-state index in [0.29, 0.717) is 0 Å². The molecule has 1 saturated carbocycles. The lowest BCUT2D eigenvalue weighted by atomic mass is 10.0. The summed E-state index contributed by atoms with van der Waals surface area (Å²) in [5, 5.41) is 0. The van der Waals surface area contributed by atoms with E-state index in [2.05, 4.69) is 11.0 Å². The van der Waals surface area contributed by atoms with Crippen molar-refractivity contribution in [1.82, 2.24) is 4.90 Å². The highest BCUT2D eigenvalue weighted by molar-refractivity contribution is 5.93. The first-order valence-electron chi connectivity index (χ1n) is 5.71. The fourth-order valence-electron chi connectivity index (χ4n) is 2.60. The Labute approximate surface area is 86.0 Å². The molecule has 2 heteroatoms. The SMILES string of the molecule is CC(=O)C1=CCCN(C2CCCC2)C1. The molecule has 0 aromatic rings. The monoisotopic (exact) mass is 193 g/mol. The maximum Gasteiger partial charge on any atom is 0.156 e. The quantitative estimate of drug-likeness (QED) is 0.669. The topological polar surface area (TPSA) is 20.3 Å². The van der Waals surface area contributed by atoms with Crippen LogP contribution in [0.1, 0.15) is 39.0 Å².